The van der Waals surface area contributed by atoms with Crippen LogP contribution in [0.3, 0.4) is 0 Å². The molecule has 0 aromatic heterocycles. The molecule has 0 radical (unpaired) electrons. The number of phenolic OH excluding ortho intramolecular Hbond substituents is 1. The summed E-state index contributed by atoms with van der Waals surface area (Å²) in [4.78, 5) is 14.4. The van der Waals surface area contributed by atoms with E-state index in [4.69, 9.17) is 0 Å². The van der Waals surface area contributed by atoms with Gasteiger partial charge >= 0.3 is 0 Å². The van der Waals surface area contributed by atoms with Gasteiger partial charge in [0.2, 0.25) is 0 Å². The van der Waals surface area contributed by atoms with Gasteiger partial charge in [-0.15, -0.1) is 0 Å². The molecule has 1 aliphatic heterocycles. The van der Waals surface area contributed by atoms with Gasteiger partial charge in [0.25, 0.3) is 5.91 Å². The number of para-hydroxylation sites is 1. The lowest BCUT2D eigenvalue weighted by atomic mass is 10.0. The Bertz CT molecular complexity index is 1060. The molecule has 5 nitrogen and oxygen atoms in total. The first-order valence-electron chi connectivity index (χ1n) is 9.56. The maximum Gasteiger partial charge on any atom is 0.275 e. The van der Waals surface area contributed by atoms with E-state index in [0.29, 0.717) is 0 Å². The number of carbonyl (C=O) groups is 1. The third-order valence-electron chi connectivity index (χ3n) is 5.32. The molecule has 0 saturated heterocycles. The summed E-state index contributed by atoms with van der Waals surface area (Å²) in [6.45, 7) is 6.15. The van der Waals surface area contributed by atoms with Crippen LogP contribution in [0.15, 0.2) is 65.8 Å². The van der Waals surface area contributed by atoms with Crippen LogP contribution in [0, 0.1) is 13.8 Å². The molecule has 29 heavy (non-hydrogen) atoms. The molecule has 0 unspecified atom stereocenters. The molecule has 0 fully saturated rings. The number of anilines is 1. The highest BCUT2D eigenvalue weighted by Crippen LogP contribution is 2.30. The largest absolute Gasteiger partial charge is 0.507 e. The number of hydrogen-bond donors (Lipinski definition) is 2. The van der Waals surface area contributed by atoms with Gasteiger partial charge in [0.05, 0.1) is 11.8 Å². The molecule has 0 atom stereocenters. The number of nitrogens with one attached hydrogen (secondary N) is 1. The number of hydrogen-bond acceptors (Lipinski definition) is 4. The third-order valence-corrected chi connectivity index (χ3v) is 5.32. The maximum atomic E-state index is 12.0. The van der Waals surface area contributed by atoms with Crippen LogP contribution in [0.4, 0.5) is 5.69 Å². The second-order valence-electron chi connectivity index (χ2n) is 7.37. The van der Waals surface area contributed by atoms with Crippen molar-refractivity contribution in [3.05, 3.63) is 94.0 Å². The lowest BCUT2D eigenvalue weighted by Gasteiger charge is -2.17. The van der Waals surface area contributed by atoms with Gasteiger partial charge in [0, 0.05) is 18.8 Å². The predicted molar refractivity (Wildman–Crippen MR) is 115 cm³/mol. The van der Waals surface area contributed by atoms with Gasteiger partial charge < -0.3 is 10.0 Å². The number of amides is 1. The number of nitrogens with zero attached hydrogens (tertiary/aromatic N) is 2. The molecule has 0 bridgehead atoms. The fourth-order valence-electron chi connectivity index (χ4n) is 3.54. The number of rotatable bonds is 4. The molecule has 1 heterocycles. The molecule has 2 N–H and O–H groups in total. The summed E-state index contributed by atoms with van der Waals surface area (Å²) in [6, 6.07) is 19.0. The van der Waals surface area contributed by atoms with E-state index in [9.17, 15) is 9.90 Å². The minimum Gasteiger partial charge on any atom is -0.507 e. The standard InChI is InChI=1S/C24H23N3O2/c1-16-11-19-14-27(15-20(19)12-17(16)2)21-9-7-18(8-10-21)13-25-26-24(29)22-5-3-4-6-23(22)28/h3-13,28H,14-15H2,1-2H3,(H,26,29)/b25-13-. The van der Waals surface area contributed by atoms with Crippen molar-refractivity contribution in [2.24, 2.45) is 5.10 Å². The molecule has 0 spiro atoms. The molecule has 1 amide bonds. The summed E-state index contributed by atoms with van der Waals surface area (Å²) in [6.07, 6.45) is 1.59. The molecule has 5 heteroatoms. The van der Waals surface area contributed by atoms with E-state index in [1.165, 1.54) is 28.3 Å². The first kappa shape index (κ1) is 18.7. The van der Waals surface area contributed by atoms with Crippen LogP contribution in [0.5, 0.6) is 5.75 Å². The molecule has 0 aliphatic carbocycles. The Morgan fingerprint density at radius 3 is 2.24 bits per heavy atom. The lowest BCUT2D eigenvalue weighted by molar-refractivity contribution is 0.0952. The van der Waals surface area contributed by atoms with Crippen LogP contribution in [0.1, 0.15) is 38.2 Å². The quantitative estimate of drug-likeness (QED) is 0.520. The van der Waals surface area contributed by atoms with Crippen molar-refractivity contribution >= 4 is 17.8 Å². The first-order valence-corrected chi connectivity index (χ1v) is 9.56. The van der Waals surface area contributed by atoms with E-state index in [1.807, 2.05) is 12.1 Å². The number of phenols is 1. The Labute approximate surface area is 170 Å². The minimum atomic E-state index is -0.448. The van der Waals surface area contributed by atoms with Crippen LogP contribution < -0.4 is 10.3 Å². The SMILES string of the molecule is Cc1cc2c(cc1C)CN(c1ccc(/C=N\NC(=O)c3ccccc3O)cc1)C2. The van der Waals surface area contributed by atoms with Crippen LogP contribution in [0.2, 0.25) is 0 Å². The normalized spacial score (nSPS) is 13.0. The molecular formula is C24H23N3O2. The van der Waals surface area contributed by atoms with Crippen molar-refractivity contribution in [2.45, 2.75) is 26.9 Å². The highest BCUT2D eigenvalue weighted by atomic mass is 16.3. The molecule has 0 saturated carbocycles. The molecular weight excluding hydrogens is 362 g/mol. The second-order valence-corrected chi connectivity index (χ2v) is 7.37. The highest BCUT2D eigenvalue weighted by molar-refractivity contribution is 5.97. The molecule has 146 valence electrons. The van der Waals surface area contributed by atoms with Crippen LogP contribution in [-0.2, 0) is 13.1 Å². The lowest BCUT2D eigenvalue weighted by Crippen LogP contribution is -2.17. The van der Waals surface area contributed by atoms with E-state index in [1.54, 1.807) is 24.4 Å². The zero-order chi connectivity index (χ0) is 20.4. The van der Waals surface area contributed by atoms with Crippen molar-refractivity contribution in [1.29, 1.82) is 0 Å². The van der Waals surface area contributed by atoms with Gasteiger partial charge in [-0.05, 0) is 65.9 Å². The van der Waals surface area contributed by atoms with E-state index < -0.39 is 5.91 Å². The van der Waals surface area contributed by atoms with Crippen molar-refractivity contribution in [1.82, 2.24) is 5.43 Å². The smallest absolute Gasteiger partial charge is 0.275 e. The van der Waals surface area contributed by atoms with Gasteiger partial charge in [-0.25, -0.2) is 5.43 Å². The van der Waals surface area contributed by atoms with Gasteiger partial charge in [-0.2, -0.15) is 5.10 Å². The monoisotopic (exact) mass is 385 g/mol. The molecule has 3 aromatic carbocycles. The zero-order valence-corrected chi connectivity index (χ0v) is 16.5. The summed E-state index contributed by atoms with van der Waals surface area (Å²) >= 11 is 0. The Morgan fingerprint density at radius 1 is 1.00 bits per heavy atom. The van der Waals surface area contributed by atoms with Gasteiger partial charge in [-0.1, -0.05) is 36.4 Å². The van der Waals surface area contributed by atoms with Crippen LogP contribution in [-0.4, -0.2) is 17.2 Å². The van der Waals surface area contributed by atoms with Crippen molar-refractivity contribution in [3.63, 3.8) is 0 Å². The highest BCUT2D eigenvalue weighted by Gasteiger charge is 2.19. The van der Waals surface area contributed by atoms with E-state index >= 15 is 0 Å². The fourth-order valence-corrected chi connectivity index (χ4v) is 3.54. The predicted octanol–water partition coefficient (Wildman–Crippen LogP) is 4.29. The summed E-state index contributed by atoms with van der Waals surface area (Å²) in [7, 11) is 0. The van der Waals surface area contributed by atoms with Crippen molar-refractivity contribution in [3.8, 4) is 5.75 Å². The van der Waals surface area contributed by atoms with Crippen molar-refractivity contribution in [2.75, 3.05) is 4.90 Å². The Morgan fingerprint density at radius 2 is 1.62 bits per heavy atom. The fraction of sp³-hybridized carbons (Fsp3) is 0.167. The first-order chi connectivity index (χ1) is 14.0. The number of hydrazone groups is 1. The molecule has 3 aromatic rings. The molecule has 1 aliphatic rings. The summed E-state index contributed by atoms with van der Waals surface area (Å²) < 4.78 is 0. The zero-order valence-electron chi connectivity index (χ0n) is 16.5. The van der Waals surface area contributed by atoms with Gasteiger partial charge in [0.1, 0.15) is 5.75 Å². The Kier molecular flexibility index (Phi) is 5.04. The summed E-state index contributed by atoms with van der Waals surface area (Å²) in [5, 5.41) is 13.7. The topological polar surface area (TPSA) is 64.9 Å². The minimum absolute atomic E-state index is 0.0680. The number of carbonyl (C=O) groups excluding carboxylic acids is 1. The van der Waals surface area contributed by atoms with E-state index in [2.05, 4.69) is 53.5 Å². The van der Waals surface area contributed by atoms with Crippen LogP contribution in [0.25, 0.3) is 0 Å². The van der Waals surface area contributed by atoms with Crippen LogP contribution >= 0.6 is 0 Å². The Balaban J connectivity index is 1.39. The molecule has 4 rings (SSSR count). The third kappa shape index (κ3) is 3.99. The average molecular weight is 385 g/mol. The number of aromatic hydroxyl groups is 1. The summed E-state index contributed by atoms with van der Waals surface area (Å²) in [5.74, 6) is -0.516. The van der Waals surface area contributed by atoms with Crippen molar-refractivity contribution < 1.29 is 9.90 Å². The Hall–Kier alpha value is -3.60. The van der Waals surface area contributed by atoms with Gasteiger partial charge in [-0.3, -0.25) is 4.79 Å². The van der Waals surface area contributed by atoms with E-state index in [-0.39, 0.29) is 11.3 Å². The van der Waals surface area contributed by atoms with Gasteiger partial charge in [0.15, 0.2) is 0 Å². The number of fused-ring (bicyclic) bond motifs is 1. The summed E-state index contributed by atoms with van der Waals surface area (Å²) in [5.41, 5.74) is 10.1. The second kappa shape index (κ2) is 7.80. The average Bonchev–Trinajstić information content (AvgIpc) is 3.11. The number of benzene rings is 3. The number of aryl methyl sites for hydroxylation is 2. The maximum absolute atomic E-state index is 12.0. The van der Waals surface area contributed by atoms with E-state index in [0.717, 1.165) is 24.3 Å².